The molecule has 1 rings (SSSR count). The van der Waals surface area contributed by atoms with Crippen LogP contribution in [0.15, 0.2) is 0 Å². The van der Waals surface area contributed by atoms with Gasteiger partial charge >= 0.3 is 12.0 Å². The highest BCUT2D eigenvalue weighted by Gasteiger charge is 2.25. The van der Waals surface area contributed by atoms with E-state index in [0.717, 1.165) is 32.4 Å². The summed E-state index contributed by atoms with van der Waals surface area (Å²) in [5, 5.41) is 11.6. The van der Waals surface area contributed by atoms with Crippen molar-refractivity contribution in [3.05, 3.63) is 0 Å². The number of rotatable bonds is 4. The van der Waals surface area contributed by atoms with Crippen LogP contribution in [-0.4, -0.2) is 41.1 Å². The molecular formula is C14H26N2O3. The Hall–Kier alpha value is -1.26. The number of hydrogen-bond donors (Lipinski definition) is 2. The Kier molecular flexibility index (Phi) is 6.12. The van der Waals surface area contributed by atoms with Gasteiger partial charge in [-0.25, -0.2) is 9.59 Å². The smallest absolute Gasteiger partial charge is 0.326 e. The van der Waals surface area contributed by atoms with Gasteiger partial charge < -0.3 is 15.3 Å². The molecule has 1 saturated heterocycles. The highest BCUT2D eigenvalue weighted by molar-refractivity contribution is 5.82. The van der Waals surface area contributed by atoms with Gasteiger partial charge in [-0.3, -0.25) is 0 Å². The van der Waals surface area contributed by atoms with Crippen molar-refractivity contribution < 1.29 is 14.7 Å². The molecule has 0 aromatic carbocycles. The van der Waals surface area contributed by atoms with Crippen LogP contribution in [0.2, 0.25) is 0 Å². The fourth-order valence-corrected chi connectivity index (χ4v) is 2.57. The number of carboxylic acids is 1. The molecule has 1 heterocycles. The largest absolute Gasteiger partial charge is 0.480 e. The normalized spacial score (nSPS) is 21.9. The number of carbonyl (C=O) groups excluding carboxylic acids is 1. The van der Waals surface area contributed by atoms with Crippen LogP contribution in [0.25, 0.3) is 0 Å². The van der Waals surface area contributed by atoms with Crippen molar-refractivity contribution in [1.29, 1.82) is 0 Å². The van der Waals surface area contributed by atoms with Gasteiger partial charge in [0.2, 0.25) is 0 Å². The number of urea groups is 1. The molecule has 110 valence electrons. The van der Waals surface area contributed by atoms with Gasteiger partial charge in [-0.1, -0.05) is 20.8 Å². The van der Waals surface area contributed by atoms with E-state index in [1.165, 1.54) is 0 Å². The Morgan fingerprint density at radius 1 is 1.32 bits per heavy atom. The third-order valence-corrected chi connectivity index (χ3v) is 4.01. The quantitative estimate of drug-likeness (QED) is 0.823. The van der Waals surface area contributed by atoms with Crippen molar-refractivity contribution in [1.82, 2.24) is 10.2 Å². The molecule has 19 heavy (non-hydrogen) atoms. The molecule has 2 amide bonds. The molecular weight excluding hydrogens is 244 g/mol. The zero-order chi connectivity index (χ0) is 14.4. The van der Waals surface area contributed by atoms with Crippen molar-refractivity contribution in [2.45, 2.75) is 52.5 Å². The van der Waals surface area contributed by atoms with Gasteiger partial charge in [0.1, 0.15) is 6.04 Å². The van der Waals surface area contributed by atoms with Gasteiger partial charge in [0, 0.05) is 13.1 Å². The van der Waals surface area contributed by atoms with Crippen LogP contribution < -0.4 is 5.32 Å². The molecule has 0 radical (unpaired) electrons. The fourth-order valence-electron chi connectivity index (χ4n) is 2.57. The molecule has 0 aromatic heterocycles. The lowest BCUT2D eigenvalue weighted by Gasteiger charge is -2.23. The van der Waals surface area contributed by atoms with Gasteiger partial charge in [0.25, 0.3) is 0 Å². The minimum Gasteiger partial charge on any atom is -0.480 e. The Morgan fingerprint density at radius 3 is 2.53 bits per heavy atom. The second-order valence-corrected chi connectivity index (χ2v) is 5.67. The van der Waals surface area contributed by atoms with E-state index in [1.54, 1.807) is 11.8 Å². The maximum absolute atomic E-state index is 12.1. The molecule has 0 saturated carbocycles. The van der Waals surface area contributed by atoms with Gasteiger partial charge in [0.05, 0.1) is 0 Å². The van der Waals surface area contributed by atoms with Gasteiger partial charge in [-0.15, -0.1) is 0 Å². The number of likely N-dealkylation sites (tertiary alicyclic amines) is 1. The lowest BCUT2D eigenvalue weighted by Crippen LogP contribution is -2.48. The number of aliphatic carboxylic acids is 1. The average molecular weight is 270 g/mol. The molecule has 1 aliphatic rings. The summed E-state index contributed by atoms with van der Waals surface area (Å²) in [5.41, 5.74) is 0. The minimum absolute atomic E-state index is 0.237. The van der Waals surface area contributed by atoms with Crippen LogP contribution in [0.4, 0.5) is 4.79 Å². The number of nitrogens with one attached hydrogen (secondary N) is 1. The Balaban J connectivity index is 2.51. The minimum atomic E-state index is -0.967. The predicted molar refractivity (Wildman–Crippen MR) is 74.0 cm³/mol. The lowest BCUT2D eigenvalue weighted by atomic mass is 9.89. The number of carboxylic acid groups (broad SMARTS) is 1. The van der Waals surface area contributed by atoms with Crippen molar-refractivity contribution in [3.8, 4) is 0 Å². The molecule has 1 fully saturated rings. The summed E-state index contributed by atoms with van der Waals surface area (Å²) in [5.74, 6) is 0.343. The van der Waals surface area contributed by atoms with Crippen molar-refractivity contribution in [3.63, 3.8) is 0 Å². The van der Waals surface area contributed by atoms with Crippen molar-refractivity contribution in [2.24, 2.45) is 11.8 Å². The fraction of sp³-hybridized carbons (Fsp3) is 0.857. The zero-order valence-corrected chi connectivity index (χ0v) is 12.2. The molecule has 5 nitrogen and oxygen atoms in total. The van der Waals surface area contributed by atoms with E-state index in [-0.39, 0.29) is 6.03 Å². The first-order valence-electron chi connectivity index (χ1n) is 7.24. The first-order chi connectivity index (χ1) is 8.95. The van der Waals surface area contributed by atoms with Crippen molar-refractivity contribution >= 4 is 12.0 Å². The van der Waals surface area contributed by atoms with E-state index in [9.17, 15) is 9.59 Å². The molecule has 2 atom stereocenters. The molecule has 0 aromatic rings. The van der Waals surface area contributed by atoms with Crippen LogP contribution in [0.3, 0.4) is 0 Å². The van der Waals surface area contributed by atoms with Crippen LogP contribution in [0.5, 0.6) is 0 Å². The monoisotopic (exact) mass is 270 g/mol. The summed E-state index contributed by atoms with van der Waals surface area (Å²) in [4.78, 5) is 24.7. The van der Waals surface area contributed by atoms with Crippen LogP contribution in [0.1, 0.15) is 46.5 Å². The van der Waals surface area contributed by atoms with Gasteiger partial charge in [0.15, 0.2) is 0 Å². The second-order valence-electron chi connectivity index (χ2n) is 5.67. The third kappa shape index (κ3) is 4.73. The summed E-state index contributed by atoms with van der Waals surface area (Å²) >= 11 is 0. The average Bonchev–Trinajstić information content (AvgIpc) is 2.60. The zero-order valence-electron chi connectivity index (χ0n) is 12.2. The van der Waals surface area contributed by atoms with Crippen LogP contribution in [-0.2, 0) is 4.79 Å². The molecule has 0 bridgehead atoms. The van der Waals surface area contributed by atoms with E-state index in [2.05, 4.69) is 19.2 Å². The summed E-state index contributed by atoms with van der Waals surface area (Å²) in [7, 11) is 0. The maximum Gasteiger partial charge on any atom is 0.326 e. The first-order valence-corrected chi connectivity index (χ1v) is 7.24. The van der Waals surface area contributed by atoms with Gasteiger partial charge in [-0.05, 0) is 37.5 Å². The van der Waals surface area contributed by atoms with Crippen LogP contribution >= 0.6 is 0 Å². The molecule has 2 N–H and O–H groups in total. The molecule has 5 heteroatoms. The third-order valence-electron chi connectivity index (χ3n) is 4.01. The van der Waals surface area contributed by atoms with Crippen LogP contribution in [0, 0.1) is 11.8 Å². The molecule has 1 unspecified atom stereocenters. The number of hydrogen-bond acceptors (Lipinski definition) is 2. The topological polar surface area (TPSA) is 69.6 Å². The number of amides is 2. The van der Waals surface area contributed by atoms with E-state index in [4.69, 9.17) is 5.11 Å². The highest BCUT2D eigenvalue weighted by Crippen LogP contribution is 2.24. The molecule has 0 spiro atoms. The predicted octanol–water partition coefficient (Wildman–Crippen LogP) is 2.32. The van der Waals surface area contributed by atoms with E-state index in [0.29, 0.717) is 18.3 Å². The van der Waals surface area contributed by atoms with E-state index in [1.807, 2.05) is 0 Å². The Morgan fingerprint density at radius 2 is 2.00 bits per heavy atom. The Bertz CT molecular complexity index is 318. The summed E-state index contributed by atoms with van der Waals surface area (Å²) in [6, 6.07) is -1.02. The highest BCUT2D eigenvalue weighted by atomic mass is 16.4. The lowest BCUT2D eigenvalue weighted by molar-refractivity contribution is -0.139. The van der Waals surface area contributed by atoms with E-state index >= 15 is 0 Å². The maximum atomic E-state index is 12.1. The second kappa shape index (κ2) is 7.36. The summed E-state index contributed by atoms with van der Waals surface area (Å²) in [6.45, 7) is 7.65. The van der Waals surface area contributed by atoms with Gasteiger partial charge in [-0.2, -0.15) is 0 Å². The number of nitrogens with zero attached hydrogens (tertiary/aromatic N) is 1. The number of carbonyl (C=O) groups is 2. The van der Waals surface area contributed by atoms with E-state index < -0.39 is 12.0 Å². The molecule has 1 aliphatic heterocycles. The molecule has 0 aliphatic carbocycles. The summed E-state index contributed by atoms with van der Waals surface area (Å²) in [6.07, 6.45) is 3.57. The van der Waals surface area contributed by atoms with Crippen molar-refractivity contribution in [2.75, 3.05) is 13.1 Å². The SMILES string of the molecule is CC[C@H](NC(=O)N1CCCC(C(C)C)CC1)C(=O)O. The Labute approximate surface area is 115 Å². The standard InChI is InChI=1S/C14H26N2O3/c1-4-12(13(17)18)15-14(19)16-8-5-6-11(7-9-16)10(2)3/h10-12H,4-9H2,1-3H3,(H,15,19)(H,17,18)/t11?,12-/m0/s1. The summed E-state index contributed by atoms with van der Waals surface area (Å²) < 4.78 is 0. The first kappa shape index (κ1) is 15.8.